The third-order valence-corrected chi connectivity index (χ3v) is 4.50. The molecule has 3 nitrogen and oxygen atoms in total. The quantitative estimate of drug-likeness (QED) is 0.836. The number of hydrogen-bond donors (Lipinski definition) is 1. The molecule has 2 rings (SSSR count). The van der Waals surface area contributed by atoms with Crippen molar-refractivity contribution in [3.05, 3.63) is 0 Å². The number of nitrogens with one attached hydrogen (secondary N) is 1. The van der Waals surface area contributed by atoms with Crippen LogP contribution >= 0.6 is 0 Å². The van der Waals surface area contributed by atoms with Crippen molar-refractivity contribution in [3.8, 4) is 0 Å². The molecular formula is C15H28N2O. The Hall–Kier alpha value is -0.570. The first-order valence-corrected chi connectivity index (χ1v) is 7.73. The standard InChI is InChI=1S/C15H28N2O/c1-3-5-13-6-4-9-17(11-13)15(18)14-7-8-16-12(2)10-14/h12-14,16H,3-11H2,1-2H3/t12-,13?,14-/m0/s1. The molecule has 2 aliphatic heterocycles. The van der Waals surface area contributed by atoms with E-state index in [1.54, 1.807) is 0 Å². The Morgan fingerprint density at radius 1 is 1.39 bits per heavy atom. The Balaban J connectivity index is 1.87. The van der Waals surface area contributed by atoms with Gasteiger partial charge in [0.1, 0.15) is 0 Å². The Labute approximate surface area is 111 Å². The third kappa shape index (κ3) is 3.47. The number of hydrogen-bond acceptors (Lipinski definition) is 2. The minimum Gasteiger partial charge on any atom is -0.342 e. The smallest absolute Gasteiger partial charge is 0.225 e. The molecule has 0 saturated carbocycles. The van der Waals surface area contributed by atoms with Gasteiger partial charge in [0.25, 0.3) is 0 Å². The van der Waals surface area contributed by atoms with E-state index in [1.807, 2.05) is 0 Å². The summed E-state index contributed by atoms with van der Waals surface area (Å²) in [4.78, 5) is 14.7. The van der Waals surface area contributed by atoms with Crippen molar-refractivity contribution >= 4 is 5.91 Å². The highest BCUT2D eigenvalue weighted by Gasteiger charge is 2.31. The Bertz CT molecular complexity index is 278. The van der Waals surface area contributed by atoms with Crippen LogP contribution in [-0.2, 0) is 4.79 Å². The van der Waals surface area contributed by atoms with Crippen molar-refractivity contribution in [1.82, 2.24) is 10.2 Å². The molecule has 3 heteroatoms. The van der Waals surface area contributed by atoms with Gasteiger partial charge in [-0.15, -0.1) is 0 Å². The second-order valence-corrected chi connectivity index (χ2v) is 6.16. The molecule has 18 heavy (non-hydrogen) atoms. The van der Waals surface area contributed by atoms with E-state index < -0.39 is 0 Å². The highest BCUT2D eigenvalue weighted by Crippen LogP contribution is 2.25. The molecule has 1 unspecified atom stereocenters. The molecule has 2 fully saturated rings. The lowest BCUT2D eigenvalue weighted by molar-refractivity contribution is -0.138. The molecule has 0 aromatic rings. The van der Waals surface area contributed by atoms with Crippen LogP contribution in [0.1, 0.15) is 52.4 Å². The normalized spacial score (nSPS) is 33.4. The lowest BCUT2D eigenvalue weighted by Crippen LogP contribution is -2.47. The first kappa shape index (κ1) is 13.9. The van der Waals surface area contributed by atoms with Gasteiger partial charge in [-0.2, -0.15) is 0 Å². The van der Waals surface area contributed by atoms with E-state index in [2.05, 4.69) is 24.1 Å². The van der Waals surface area contributed by atoms with Gasteiger partial charge in [-0.25, -0.2) is 0 Å². The van der Waals surface area contributed by atoms with E-state index in [9.17, 15) is 4.79 Å². The SMILES string of the molecule is CCCC1CCCN(C(=O)[C@H]2CCN[C@@H](C)C2)C1. The molecule has 0 spiro atoms. The predicted octanol–water partition coefficient (Wildman–Crippen LogP) is 2.41. The van der Waals surface area contributed by atoms with Crippen molar-refractivity contribution in [2.45, 2.75) is 58.4 Å². The van der Waals surface area contributed by atoms with Crippen molar-refractivity contribution in [1.29, 1.82) is 0 Å². The number of nitrogens with zero attached hydrogens (tertiary/aromatic N) is 1. The van der Waals surface area contributed by atoms with Gasteiger partial charge in [0, 0.05) is 25.0 Å². The number of amides is 1. The molecule has 0 radical (unpaired) electrons. The summed E-state index contributed by atoms with van der Waals surface area (Å²) in [6, 6.07) is 0.504. The monoisotopic (exact) mass is 252 g/mol. The van der Waals surface area contributed by atoms with E-state index in [1.165, 1.54) is 25.7 Å². The first-order valence-electron chi connectivity index (χ1n) is 7.73. The van der Waals surface area contributed by atoms with Crippen LogP contribution in [0.4, 0.5) is 0 Å². The van der Waals surface area contributed by atoms with Crippen molar-refractivity contribution < 1.29 is 4.79 Å². The van der Waals surface area contributed by atoms with Gasteiger partial charge >= 0.3 is 0 Å². The average molecular weight is 252 g/mol. The van der Waals surface area contributed by atoms with Gasteiger partial charge in [0.05, 0.1) is 0 Å². The number of carbonyl (C=O) groups excluding carboxylic acids is 1. The van der Waals surface area contributed by atoms with E-state index in [4.69, 9.17) is 0 Å². The molecule has 1 N–H and O–H groups in total. The van der Waals surface area contributed by atoms with Gasteiger partial charge in [0.2, 0.25) is 5.91 Å². The maximum atomic E-state index is 12.5. The second-order valence-electron chi connectivity index (χ2n) is 6.16. The highest BCUT2D eigenvalue weighted by atomic mass is 16.2. The van der Waals surface area contributed by atoms with E-state index in [0.717, 1.165) is 38.4 Å². The zero-order valence-electron chi connectivity index (χ0n) is 12.0. The Kier molecular flexibility index (Phi) is 5.04. The van der Waals surface area contributed by atoms with Crippen LogP contribution in [0.3, 0.4) is 0 Å². The van der Waals surface area contributed by atoms with Gasteiger partial charge in [-0.05, 0) is 51.5 Å². The molecule has 0 aromatic carbocycles. The molecule has 0 aliphatic carbocycles. The van der Waals surface area contributed by atoms with Crippen molar-refractivity contribution in [2.24, 2.45) is 11.8 Å². The van der Waals surface area contributed by atoms with Crippen LogP contribution in [0.25, 0.3) is 0 Å². The van der Waals surface area contributed by atoms with Crippen LogP contribution in [0.15, 0.2) is 0 Å². The fourth-order valence-corrected chi connectivity index (χ4v) is 3.52. The van der Waals surface area contributed by atoms with E-state index >= 15 is 0 Å². The summed E-state index contributed by atoms with van der Waals surface area (Å²) in [5.41, 5.74) is 0. The molecular weight excluding hydrogens is 224 g/mol. The van der Waals surface area contributed by atoms with Crippen molar-refractivity contribution in [2.75, 3.05) is 19.6 Å². The lowest BCUT2D eigenvalue weighted by atomic mass is 9.89. The minimum atomic E-state index is 0.279. The van der Waals surface area contributed by atoms with Crippen LogP contribution < -0.4 is 5.32 Å². The summed E-state index contributed by atoms with van der Waals surface area (Å²) in [6.07, 6.45) is 7.10. The summed E-state index contributed by atoms with van der Waals surface area (Å²) in [5.74, 6) is 1.47. The summed E-state index contributed by atoms with van der Waals surface area (Å²) >= 11 is 0. The lowest BCUT2D eigenvalue weighted by Gasteiger charge is -2.37. The number of carbonyl (C=O) groups is 1. The molecule has 2 heterocycles. The zero-order valence-corrected chi connectivity index (χ0v) is 12.0. The van der Waals surface area contributed by atoms with Gasteiger partial charge in [0.15, 0.2) is 0 Å². The highest BCUT2D eigenvalue weighted by molar-refractivity contribution is 5.79. The van der Waals surface area contributed by atoms with Gasteiger partial charge in [-0.1, -0.05) is 13.3 Å². The fraction of sp³-hybridized carbons (Fsp3) is 0.933. The number of piperidine rings is 2. The Morgan fingerprint density at radius 2 is 2.22 bits per heavy atom. The molecule has 104 valence electrons. The fourth-order valence-electron chi connectivity index (χ4n) is 3.52. The topological polar surface area (TPSA) is 32.3 Å². The molecule has 0 aromatic heterocycles. The van der Waals surface area contributed by atoms with Crippen LogP contribution in [0, 0.1) is 11.8 Å². The number of likely N-dealkylation sites (tertiary alicyclic amines) is 1. The first-order chi connectivity index (χ1) is 8.70. The maximum absolute atomic E-state index is 12.5. The van der Waals surface area contributed by atoms with E-state index in [0.29, 0.717) is 11.9 Å². The predicted molar refractivity (Wildman–Crippen MR) is 74.4 cm³/mol. The molecule has 2 saturated heterocycles. The minimum absolute atomic E-state index is 0.279. The van der Waals surface area contributed by atoms with Gasteiger partial charge < -0.3 is 10.2 Å². The van der Waals surface area contributed by atoms with Gasteiger partial charge in [-0.3, -0.25) is 4.79 Å². The molecule has 2 aliphatic rings. The summed E-state index contributed by atoms with van der Waals surface area (Å²) in [7, 11) is 0. The molecule has 3 atom stereocenters. The summed E-state index contributed by atoms with van der Waals surface area (Å²) in [5, 5.41) is 3.43. The second kappa shape index (κ2) is 6.55. The largest absolute Gasteiger partial charge is 0.342 e. The Morgan fingerprint density at radius 3 is 2.94 bits per heavy atom. The molecule has 1 amide bonds. The van der Waals surface area contributed by atoms with E-state index in [-0.39, 0.29) is 5.92 Å². The maximum Gasteiger partial charge on any atom is 0.225 e. The third-order valence-electron chi connectivity index (χ3n) is 4.50. The average Bonchev–Trinajstić information content (AvgIpc) is 2.39. The molecule has 0 bridgehead atoms. The van der Waals surface area contributed by atoms with Crippen LogP contribution in [0.2, 0.25) is 0 Å². The van der Waals surface area contributed by atoms with Crippen LogP contribution in [-0.4, -0.2) is 36.5 Å². The number of rotatable bonds is 3. The van der Waals surface area contributed by atoms with Crippen LogP contribution in [0.5, 0.6) is 0 Å². The zero-order chi connectivity index (χ0) is 13.0. The summed E-state index contributed by atoms with van der Waals surface area (Å²) < 4.78 is 0. The summed E-state index contributed by atoms with van der Waals surface area (Å²) in [6.45, 7) is 7.46. The van der Waals surface area contributed by atoms with Crippen molar-refractivity contribution in [3.63, 3.8) is 0 Å².